The first-order valence-corrected chi connectivity index (χ1v) is 8.69. The zero-order valence-electron chi connectivity index (χ0n) is 10.2. The molecular weight excluding hydrogens is 399 g/mol. The number of carbonyl (C=O) groups is 1. The molecule has 1 unspecified atom stereocenters. The van der Waals surface area contributed by atoms with Gasteiger partial charge in [0.1, 0.15) is 0 Å². The number of nitrogens with zero attached hydrogens (tertiary/aromatic N) is 2. The standard InChI is InChI=1S/C11H11IN2O5S/c12-6-8-5-11(15)13(7-8)20(18,19)10-4-2-1-3-9(10)14(16)17/h1-4,8H,5-7H2. The molecule has 0 bridgehead atoms. The number of carbonyl (C=O) groups excluding carboxylic acids is 1. The van der Waals surface area contributed by atoms with Crippen molar-refractivity contribution in [1.82, 2.24) is 4.31 Å². The molecular formula is C11H11IN2O5S. The summed E-state index contributed by atoms with van der Waals surface area (Å²) in [5.74, 6) is -0.550. The van der Waals surface area contributed by atoms with Gasteiger partial charge in [-0.1, -0.05) is 34.7 Å². The van der Waals surface area contributed by atoms with E-state index in [1.54, 1.807) is 0 Å². The molecule has 0 radical (unpaired) electrons. The molecule has 0 saturated carbocycles. The molecule has 1 atom stereocenters. The lowest BCUT2D eigenvalue weighted by atomic mass is 10.2. The molecule has 0 N–H and O–H groups in total. The van der Waals surface area contributed by atoms with Crippen LogP contribution in [0.25, 0.3) is 0 Å². The molecule has 20 heavy (non-hydrogen) atoms. The number of sulfonamides is 1. The minimum atomic E-state index is -4.17. The Labute approximate surface area is 129 Å². The van der Waals surface area contributed by atoms with Crippen molar-refractivity contribution < 1.29 is 18.1 Å². The van der Waals surface area contributed by atoms with Crippen LogP contribution in [0.1, 0.15) is 6.42 Å². The molecule has 1 fully saturated rings. The lowest BCUT2D eigenvalue weighted by Gasteiger charge is -2.16. The Hall–Kier alpha value is -1.23. The van der Waals surface area contributed by atoms with Gasteiger partial charge >= 0.3 is 0 Å². The number of nitro benzene ring substituents is 1. The van der Waals surface area contributed by atoms with E-state index in [-0.39, 0.29) is 18.9 Å². The lowest BCUT2D eigenvalue weighted by molar-refractivity contribution is -0.387. The zero-order valence-corrected chi connectivity index (χ0v) is 13.2. The van der Waals surface area contributed by atoms with Crippen LogP contribution in [0.4, 0.5) is 5.69 Å². The van der Waals surface area contributed by atoms with E-state index in [0.717, 1.165) is 16.4 Å². The van der Waals surface area contributed by atoms with Gasteiger partial charge in [0.25, 0.3) is 15.7 Å². The van der Waals surface area contributed by atoms with Gasteiger partial charge in [0.2, 0.25) is 5.91 Å². The second-order valence-corrected chi connectivity index (χ2v) is 7.09. The number of amides is 1. The summed E-state index contributed by atoms with van der Waals surface area (Å²) in [6.45, 7) is 0.0795. The van der Waals surface area contributed by atoms with Crippen LogP contribution in [0.2, 0.25) is 0 Å². The van der Waals surface area contributed by atoms with E-state index in [1.165, 1.54) is 12.1 Å². The maximum atomic E-state index is 12.4. The van der Waals surface area contributed by atoms with Gasteiger partial charge in [-0.2, -0.15) is 0 Å². The molecule has 1 saturated heterocycles. The normalized spacial score (nSPS) is 19.4. The third-order valence-electron chi connectivity index (χ3n) is 3.01. The third-order valence-corrected chi connectivity index (χ3v) is 6.09. The van der Waals surface area contributed by atoms with Crippen molar-refractivity contribution >= 4 is 44.2 Å². The second kappa shape index (κ2) is 5.64. The van der Waals surface area contributed by atoms with Gasteiger partial charge in [0.15, 0.2) is 4.90 Å². The largest absolute Gasteiger partial charge is 0.289 e. The molecule has 1 aliphatic rings. The minimum Gasteiger partial charge on any atom is -0.274 e. The summed E-state index contributed by atoms with van der Waals surface area (Å²) in [5, 5.41) is 10.9. The maximum Gasteiger partial charge on any atom is 0.289 e. The average Bonchev–Trinajstić information content (AvgIpc) is 2.80. The predicted octanol–water partition coefficient (Wildman–Crippen LogP) is 1.57. The Morgan fingerprint density at radius 3 is 2.60 bits per heavy atom. The van der Waals surface area contributed by atoms with Gasteiger partial charge in [-0.15, -0.1) is 0 Å². The Balaban J connectivity index is 2.47. The van der Waals surface area contributed by atoms with Crippen molar-refractivity contribution in [3.05, 3.63) is 34.4 Å². The quantitative estimate of drug-likeness (QED) is 0.325. The SMILES string of the molecule is O=C1CC(CI)CN1S(=O)(=O)c1ccccc1[N+](=O)[O-]. The molecule has 108 valence electrons. The fourth-order valence-electron chi connectivity index (χ4n) is 2.03. The van der Waals surface area contributed by atoms with Gasteiger partial charge < -0.3 is 0 Å². The maximum absolute atomic E-state index is 12.4. The Kier molecular flexibility index (Phi) is 4.28. The number of alkyl halides is 1. The molecule has 1 amide bonds. The smallest absolute Gasteiger partial charge is 0.274 e. The van der Waals surface area contributed by atoms with Crippen LogP contribution in [0.3, 0.4) is 0 Å². The number of halogens is 1. The van der Waals surface area contributed by atoms with Gasteiger partial charge in [0.05, 0.1) is 4.92 Å². The van der Waals surface area contributed by atoms with Crippen LogP contribution < -0.4 is 0 Å². The molecule has 2 rings (SSSR count). The number of hydrogen-bond acceptors (Lipinski definition) is 5. The van der Waals surface area contributed by atoms with Crippen molar-refractivity contribution in [2.75, 3.05) is 11.0 Å². The molecule has 0 aromatic heterocycles. The zero-order chi connectivity index (χ0) is 14.9. The van der Waals surface area contributed by atoms with E-state index in [0.29, 0.717) is 4.43 Å². The first-order chi connectivity index (χ1) is 9.37. The molecule has 1 aliphatic heterocycles. The van der Waals surface area contributed by atoms with E-state index in [9.17, 15) is 23.3 Å². The minimum absolute atomic E-state index is 0.0411. The highest BCUT2D eigenvalue weighted by atomic mass is 127. The van der Waals surface area contributed by atoms with Crippen LogP contribution in [0.15, 0.2) is 29.2 Å². The number of para-hydroxylation sites is 1. The van der Waals surface area contributed by atoms with Crippen molar-refractivity contribution in [3.8, 4) is 0 Å². The summed E-state index contributed by atoms with van der Waals surface area (Å²) in [5.41, 5.74) is -0.516. The molecule has 9 heteroatoms. The fourth-order valence-corrected chi connectivity index (χ4v) is 4.26. The van der Waals surface area contributed by atoms with E-state index < -0.39 is 31.4 Å². The average molecular weight is 410 g/mol. The highest BCUT2D eigenvalue weighted by Gasteiger charge is 2.40. The summed E-state index contributed by atoms with van der Waals surface area (Å²) in [6.07, 6.45) is 0.156. The highest BCUT2D eigenvalue weighted by Crippen LogP contribution is 2.31. The Bertz CT molecular complexity index is 661. The summed E-state index contributed by atoms with van der Waals surface area (Å²) in [4.78, 5) is 21.5. The summed E-state index contributed by atoms with van der Waals surface area (Å²) < 4.78 is 26.3. The van der Waals surface area contributed by atoms with Crippen molar-refractivity contribution in [2.24, 2.45) is 5.92 Å². The first kappa shape index (κ1) is 15.2. The molecule has 7 nitrogen and oxygen atoms in total. The van der Waals surface area contributed by atoms with Gasteiger partial charge in [0, 0.05) is 23.5 Å². The Morgan fingerprint density at radius 2 is 2.05 bits per heavy atom. The number of hydrogen-bond donors (Lipinski definition) is 0. The summed E-state index contributed by atoms with van der Waals surface area (Å²) >= 11 is 2.09. The monoisotopic (exact) mass is 410 g/mol. The summed E-state index contributed by atoms with van der Waals surface area (Å²) in [6, 6.07) is 5.05. The van der Waals surface area contributed by atoms with Crippen LogP contribution >= 0.6 is 22.6 Å². The van der Waals surface area contributed by atoms with Gasteiger partial charge in [-0.05, 0) is 12.0 Å². The van der Waals surface area contributed by atoms with Crippen molar-refractivity contribution in [2.45, 2.75) is 11.3 Å². The van der Waals surface area contributed by atoms with Crippen LogP contribution in [-0.2, 0) is 14.8 Å². The van der Waals surface area contributed by atoms with E-state index in [4.69, 9.17) is 0 Å². The van der Waals surface area contributed by atoms with E-state index in [2.05, 4.69) is 22.6 Å². The topological polar surface area (TPSA) is 97.6 Å². The van der Waals surface area contributed by atoms with Crippen LogP contribution in [-0.4, -0.2) is 34.5 Å². The third kappa shape index (κ3) is 2.64. The Morgan fingerprint density at radius 1 is 1.40 bits per heavy atom. The van der Waals surface area contributed by atoms with Crippen LogP contribution in [0, 0.1) is 16.0 Å². The van der Waals surface area contributed by atoms with E-state index in [1.807, 2.05) is 0 Å². The highest BCUT2D eigenvalue weighted by molar-refractivity contribution is 14.1. The first-order valence-electron chi connectivity index (χ1n) is 5.73. The number of nitro groups is 1. The van der Waals surface area contributed by atoms with Gasteiger partial charge in [-0.3, -0.25) is 14.9 Å². The number of benzene rings is 1. The fraction of sp³-hybridized carbons (Fsp3) is 0.364. The summed E-state index contributed by atoms with van der Waals surface area (Å²) in [7, 11) is -4.17. The molecule has 1 heterocycles. The van der Waals surface area contributed by atoms with Crippen molar-refractivity contribution in [1.29, 1.82) is 0 Å². The lowest BCUT2D eigenvalue weighted by Crippen LogP contribution is -2.33. The predicted molar refractivity (Wildman–Crippen MR) is 79.0 cm³/mol. The molecule has 0 aliphatic carbocycles. The van der Waals surface area contributed by atoms with Crippen LogP contribution in [0.5, 0.6) is 0 Å². The molecule has 1 aromatic rings. The van der Waals surface area contributed by atoms with Gasteiger partial charge in [-0.25, -0.2) is 12.7 Å². The second-order valence-electron chi connectivity index (χ2n) is 4.38. The molecule has 1 aromatic carbocycles. The number of rotatable bonds is 4. The molecule has 0 spiro atoms. The van der Waals surface area contributed by atoms with E-state index >= 15 is 0 Å². The van der Waals surface area contributed by atoms with Crippen molar-refractivity contribution in [3.63, 3.8) is 0 Å².